The summed E-state index contributed by atoms with van der Waals surface area (Å²) < 4.78 is 26.4. The number of aromatic nitrogens is 1. The van der Waals surface area contributed by atoms with E-state index in [0.29, 0.717) is 25.6 Å². The van der Waals surface area contributed by atoms with Crippen molar-refractivity contribution in [2.75, 3.05) is 20.1 Å². The molecule has 0 bridgehead atoms. The van der Waals surface area contributed by atoms with Crippen LogP contribution >= 0.6 is 0 Å². The van der Waals surface area contributed by atoms with E-state index in [-0.39, 0.29) is 16.7 Å². The van der Waals surface area contributed by atoms with Gasteiger partial charge in [0, 0.05) is 45.0 Å². The topological polar surface area (TPSA) is 70.6 Å². The van der Waals surface area contributed by atoms with E-state index in [1.807, 2.05) is 4.90 Å². The highest BCUT2D eigenvalue weighted by molar-refractivity contribution is 7.89. The molecule has 0 aromatic carbocycles. The minimum absolute atomic E-state index is 0.0690. The van der Waals surface area contributed by atoms with Gasteiger partial charge in [0.2, 0.25) is 15.9 Å². The van der Waals surface area contributed by atoms with Crippen LogP contribution in [0.5, 0.6) is 0 Å². The summed E-state index contributed by atoms with van der Waals surface area (Å²) in [5.74, 6) is 0.244. The van der Waals surface area contributed by atoms with Crippen molar-refractivity contribution in [2.24, 2.45) is 5.92 Å². The molecule has 0 N–H and O–H groups in total. The van der Waals surface area contributed by atoms with Gasteiger partial charge in [0.05, 0.1) is 0 Å². The normalized spacial score (nSPS) is 23.1. The first kappa shape index (κ1) is 16.4. The lowest BCUT2D eigenvalue weighted by molar-refractivity contribution is -0.129. The first-order chi connectivity index (χ1) is 11.0. The third kappa shape index (κ3) is 3.40. The van der Waals surface area contributed by atoms with Gasteiger partial charge in [0.15, 0.2) is 0 Å². The van der Waals surface area contributed by atoms with Crippen LogP contribution in [0.2, 0.25) is 0 Å². The number of amides is 1. The molecule has 2 heterocycles. The van der Waals surface area contributed by atoms with Crippen molar-refractivity contribution >= 4 is 15.9 Å². The third-order valence-corrected chi connectivity index (χ3v) is 6.67. The Hall–Kier alpha value is -1.47. The summed E-state index contributed by atoms with van der Waals surface area (Å²) in [7, 11) is -1.96. The largest absolute Gasteiger partial charge is 0.339 e. The molecule has 1 unspecified atom stereocenters. The van der Waals surface area contributed by atoms with Crippen LogP contribution in [-0.4, -0.2) is 54.7 Å². The maximum Gasteiger partial charge on any atom is 0.244 e. The summed E-state index contributed by atoms with van der Waals surface area (Å²) in [5, 5.41) is 0. The molecule has 0 spiro atoms. The Morgan fingerprint density at radius 1 is 1.35 bits per heavy atom. The van der Waals surface area contributed by atoms with Gasteiger partial charge < -0.3 is 4.90 Å². The van der Waals surface area contributed by atoms with Crippen molar-refractivity contribution in [1.82, 2.24) is 14.2 Å². The molecule has 0 radical (unpaired) electrons. The third-order valence-electron chi connectivity index (χ3n) is 4.86. The lowest BCUT2D eigenvalue weighted by Crippen LogP contribution is -2.36. The average Bonchev–Trinajstić information content (AvgIpc) is 3.17. The second-order valence-corrected chi connectivity index (χ2v) is 8.57. The molecular formula is C16H23N3O3S. The zero-order chi connectivity index (χ0) is 16.4. The number of nitrogens with zero attached hydrogens (tertiary/aromatic N) is 3. The fourth-order valence-corrected chi connectivity index (χ4v) is 4.85. The molecule has 1 aromatic rings. The van der Waals surface area contributed by atoms with Gasteiger partial charge in [-0.1, -0.05) is 12.8 Å². The van der Waals surface area contributed by atoms with Gasteiger partial charge in [0.25, 0.3) is 0 Å². The van der Waals surface area contributed by atoms with E-state index >= 15 is 0 Å². The van der Waals surface area contributed by atoms with Gasteiger partial charge >= 0.3 is 0 Å². The van der Waals surface area contributed by atoms with E-state index in [1.54, 1.807) is 25.4 Å². The van der Waals surface area contributed by atoms with Crippen LogP contribution in [-0.2, 0) is 14.8 Å². The van der Waals surface area contributed by atoms with Crippen LogP contribution in [0.15, 0.2) is 29.4 Å². The van der Waals surface area contributed by atoms with E-state index in [9.17, 15) is 13.2 Å². The Kier molecular flexibility index (Phi) is 4.68. The van der Waals surface area contributed by atoms with E-state index in [4.69, 9.17) is 0 Å². The van der Waals surface area contributed by atoms with E-state index in [2.05, 4.69) is 4.98 Å². The zero-order valence-corrected chi connectivity index (χ0v) is 14.2. The molecule has 23 heavy (non-hydrogen) atoms. The minimum Gasteiger partial charge on any atom is -0.339 e. The lowest BCUT2D eigenvalue weighted by atomic mass is 10.1. The second-order valence-electron chi connectivity index (χ2n) is 6.53. The van der Waals surface area contributed by atoms with Crippen molar-refractivity contribution < 1.29 is 13.2 Å². The van der Waals surface area contributed by atoms with Gasteiger partial charge in [0.1, 0.15) is 4.90 Å². The molecule has 7 heteroatoms. The molecule has 1 aromatic heterocycles. The van der Waals surface area contributed by atoms with Gasteiger partial charge in [-0.2, -0.15) is 0 Å². The van der Waals surface area contributed by atoms with Crippen molar-refractivity contribution in [2.45, 2.75) is 43.0 Å². The Balaban J connectivity index is 1.64. The minimum atomic E-state index is -3.54. The number of sulfonamides is 1. The van der Waals surface area contributed by atoms with Crippen molar-refractivity contribution in [3.05, 3.63) is 24.5 Å². The smallest absolute Gasteiger partial charge is 0.244 e. The molecule has 1 saturated carbocycles. The SMILES string of the molecule is CN(CC1CC(=O)N(C2CCCC2)C1)S(=O)(=O)c1cccnc1. The summed E-state index contributed by atoms with van der Waals surface area (Å²) in [6.07, 6.45) is 7.90. The van der Waals surface area contributed by atoms with Crippen LogP contribution in [0.4, 0.5) is 0 Å². The molecule has 1 atom stereocenters. The number of hydrogen-bond acceptors (Lipinski definition) is 4. The average molecular weight is 337 g/mol. The molecule has 1 amide bonds. The molecule has 1 aliphatic heterocycles. The molecule has 2 aliphatic rings. The Labute approximate surface area is 137 Å². The summed E-state index contributed by atoms with van der Waals surface area (Å²) in [4.78, 5) is 18.3. The van der Waals surface area contributed by atoms with Crippen molar-refractivity contribution in [3.8, 4) is 0 Å². The number of carbonyl (C=O) groups excluding carboxylic acids is 1. The number of rotatable bonds is 5. The molecule has 3 rings (SSSR count). The molecular weight excluding hydrogens is 314 g/mol. The second kappa shape index (κ2) is 6.57. The maximum absolute atomic E-state index is 12.5. The number of carbonyl (C=O) groups is 1. The Morgan fingerprint density at radius 3 is 2.74 bits per heavy atom. The van der Waals surface area contributed by atoms with Crippen molar-refractivity contribution in [3.63, 3.8) is 0 Å². The van der Waals surface area contributed by atoms with Gasteiger partial charge in [-0.05, 0) is 30.9 Å². The van der Waals surface area contributed by atoms with Crippen LogP contribution in [0.1, 0.15) is 32.1 Å². The molecule has 1 aliphatic carbocycles. The Morgan fingerprint density at radius 2 is 2.09 bits per heavy atom. The molecule has 2 fully saturated rings. The summed E-state index contributed by atoms with van der Waals surface area (Å²) >= 11 is 0. The van der Waals surface area contributed by atoms with Gasteiger partial charge in [-0.15, -0.1) is 0 Å². The Bertz CT molecular complexity index is 656. The fourth-order valence-electron chi connectivity index (χ4n) is 3.64. The van der Waals surface area contributed by atoms with Crippen LogP contribution in [0, 0.1) is 5.92 Å². The standard InChI is InChI=1S/C16H23N3O3S/c1-18(23(21,22)15-7-4-8-17-10-15)11-13-9-16(20)19(12-13)14-5-2-3-6-14/h4,7-8,10,13-14H,2-3,5-6,9,11-12H2,1H3. The van der Waals surface area contributed by atoms with Gasteiger partial charge in [-0.25, -0.2) is 12.7 Å². The van der Waals surface area contributed by atoms with Crippen molar-refractivity contribution in [1.29, 1.82) is 0 Å². The highest BCUT2D eigenvalue weighted by atomic mass is 32.2. The fraction of sp³-hybridized carbons (Fsp3) is 0.625. The predicted octanol–water partition coefficient (Wildman–Crippen LogP) is 1.49. The highest BCUT2D eigenvalue weighted by Gasteiger charge is 2.37. The number of likely N-dealkylation sites (tertiary alicyclic amines) is 1. The lowest BCUT2D eigenvalue weighted by Gasteiger charge is -2.25. The van der Waals surface area contributed by atoms with E-state index in [1.165, 1.54) is 23.3 Å². The van der Waals surface area contributed by atoms with Crippen LogP contribution in [0.3, 0.4) is 0 Å². The zero-order valence-electron chi connectivity index (χ0n) is 13.4. The summed E-state index contributed by atoms with van der Waals surface area (Å²) in [6, 6.07) is 3.53. The monoisotopic (exact) mass is 337 g/mol. The number of pyridine rings is 1. The van der Waals surface area contributed by atoms with Crippen LogP contribution in [0.25, 0.3) is 0 Å². The maximum atomic E-state index is 12.5. The quantitative estimate of drug-likeness (QED) is 0.816. The first-order valence-electron chi connectivity index (χ1n) is 8.14. The van der Waals surface area contributed by atoms with Gasteiger partial charge in [-0.3, -0.25) is 9.78 Å². The van der Waals surface area contributed by atoms with E-state index < -0.39 is 10.0 Å². The molecule has 6 nitrogen and oxygen atoms in total. The highest BCUT2D eigenvalue weighted by Crippen LogP contribution is 2.30. The summed E-state index contributed by atoms with van der Waals surface area (Å²) in [5.41, 5.74) is 0. The molecule has 1 saturated heterocycles. The predicted molar refractivity (Wildman–Crippen MR) is 86.1 cm³/mol. The molecule has 126 valence electrons. The van der Waals surface area contributed by atoms with E-state index in [0.717, 1.165) is 12.8 Å². The first-order valence-corrected chi connectivity index (χ1v) is 9.58. The van der Waals surface area contributed by atoms with Crippen LogP contribution < -0.4 is 0 Å². The number of hydrogen-bond donors (Lipinski definition) is 0. The summed E-state index contributed by atoms with van der Waals surface area (Å²) in [6.45, 7) is 1.04.